The van der Waals surface area contributed by atoms with E-state index in [1.54, 1.807) is 30.7 Å². The Morgan fingerprint density at radius 2 is 1.96 bits per heavy atom. The number of ether oxygens (including phenoxy) is 2. The molecule has 1 aliphatic heterocycles. The first kappa shape index (κ1) is 17.7. The zero-order chi connectivity index (χ0) is 18.1. The predicted molar refractivity (Wildman–Crippen MR) is 98.5 cm³/mol. The maximum absolute atomic E-state index is 13.2. The number of hydrogen-bond acceptors (Lipinski definition) is 5. The standard InChI is InChI=1S/C18H23N3O3S/c1-11-16(12(2)20(3)19-11)17(22)21-8-9-25-18(21)13-6-7-14(23-4)15(10-13)24-5/h6-7,10,18H,8-9H2,1-5H3. The molecule has 1 atom stereocenters. The van der Waals surface area contributed by atoms with E-state index in [9.17, 15) is 4.79 Å². The van der Waals surface area contributed by atoms with E-state index in [0.717, 1.165) is 29.2 Å². The summed E-state index contributed by atoms with van der Waals surface area (Å²) in [6, 6.07) is 5.83. The van der Waals surface area contributed by atoms with Crippen LogP contribution in [-0.4, -0.2) is 47.1 Å². The summed E-state index contributed by atoms with van der Waals surface area (Å²) in [5.74, 6) is 2.30. The van der Waals surface area contributed by atoms with Gasteiger partial charge in [0.1, 0.15) is 5.37 Å². The topological polar surface area (TPSA) is 56.6 Å². The third-order valence-corrected chi connectivity index (χ3v) is 5.83. The van der Waals surface area contributed by atoms with E-state index in [-0.39, 0.29) is 11.3 Å². The molecule has 3 rings (SSSR count). The van der Waals surface area contributed by atoms with Crippen LogP contribution in [-0.2, 0) is 7.05 Å². The third kappa shape index (κ3) is 3.08. The van der Waals surface area contributed by atoms with Gasteiger partial charge >= 0.3 is 0 Å². The van der Waals surface area contributed by atoms with Crippen molar-refractivity contribution >= 4 is 17.7 Å². The van der Waals surface area contributed by atoms with Crippen molar-refractivity contribution in [2.24, 2.45) is 7.05 Å². The minimum Gasteiger partial charge on any atom is -0.493 e. The predicted octanol–water partition coefficient (Wildman–Crippen LogP) is 2.94. The van der Waals surface area contributed by atoms with E-state index in [4.69, 9.17) is 9.47 Å². The summed E-state index contributed by atoms with van der Waals surface area (Å²) < 4.78 is 12.5. The summed E-state index contributed by atoms with van der Waals surface area (Å²) >= 11 is 1.76. The number of carbonyl (C=O) groups is 1. The molecule has 0 N–H and O–H groups in total. The van der Waals surface area contributed by atoms with Crippen LogP contribution >= 0.6 is 11.8 Å². The van der Waals surface area contributed by atoms with E-state index < -0.39 is 0 Å². The van der Waals surface area contributed by atoms with Crippen LogP contribution in [0.15, 0.2) is 18.2 Å². The van der Waals surface area contributed by atoms with Crippen molar-refractivity contribution in [3.8, 4) is 11.5 Å². The second kappa shape index (κ2) is 7.00. The Morgan fingerprint density at radius 1 is 1.24 bits per heavy atom. The molecule has 2 aromatic rings. The van der Waals surface area contributed by atoms with Crippen molar-refractivity contribution in [1.29, 1.82) is 0 Å². The molecule has 0 radical (unpaired) electrons. The van der Waals surface area contributed by atoms with Crippen molar-refractivity contribution in [3.05, 3.63) is 40.7 Å². The highest BCUT2D eigenvalue weighted by molar-refractivity contribution is 7.99. The lowest BCUT2D eigenvalue weighted by molar-refractivity contribution is 0.0758. The second-order valence-corrected chi connectivity index (χ2v) is 7.19. The number of rotatable bonds is 4. The molecule has 1 aromatic heterocycles. The van der Waals surface area contributed by atoms with Crippen LogP contribution in [0, 0.1) is 13.8 Å². The van der Waals surface area contributed by atoms with E-state index in [1.807, 2.05) is 44.0 Å². The highest BCUT2D eigenvalue weighted by Crippen LogP contribution is 2.42. The molecule has 0 spiro atoms. The van der Waals surface area contributed by atoms with Gasteiger partial charge < -0.3 is 14.4 Å². The minimum atomic E-state index is -0.0358. The normalized spacial score (nSPS) is 17.0. The number of nitrogens with zero attached hydrogens (tertiary/aromatic N) is 3. The smallest absolute Gasteiger partial charge is 0.258 e. The van der Waals surface area contributed by atoms with Crippen molar-refractivity contribution in [2.75, 3.05) is 26.5 Å². The van der Waals surface area contributed by atoms with Gasteiger partial charge in [0.2, 0.25) is 0 Å². The summed E-state index contributed by atoms with van der Waals surface area (Å²) in [5.41, 5.74) is 3.40. The Balaban J connectivity index is 1.94. The summed E-state index contributed by atoms with van der Waals surface area (Å²) in [6.45, 7) is 4.53. The first-order valence-electron chi connectivity index (χ1n) is 8.12. The lowest BCUT2D eigenvalue weighted by atomic mass is 10.1. The number of hydrogen-bond donors (Lipinski definition) is 0. The Bertz CT molecular complexity index is 803. The lowest BCUT2D eigenvalue weighted by Crippen LogP contribution is -2.31. The molecule has 1 saturated heterocycles. The largest absolute Gasteiger partial charge is 0.493 e. The Labute approximate surface area is 152 Å². The van der Waals surface area contributed by atoms with Crippen molar-refractivity contribution in [1.82, 2.24) is 14.7 Å². The van der Waals surface area contributed by atoms with E-state index in [2.05, 4.69) is 5.10 Å². The quantitative estimate of drug-likeness (QED) is 0.838. The summed E-state index contributed by atoms with van der Waals surface area (Å²) in [5, 5.41) is 4.34. The van der Waals surface area contributed by atoms with Crippen molar-refractivity contribution in [2.45, 2.75) is 19.2 Å². The van der Waals surface area contributed by atoms with Crippen molar-refractivity contribution in [3.63, 3.8) is 0 Å². The fourth-order valence-electron chi connectivity index (χ4n) is 3.19. The Morgan fingerprint density at radius 3 is 2.56 bits per heavy atom. The number of methoxy groups -OCH3 is 2. The first-order valence-corrected chi connectivity index (χ1v) is 9.17. The number of carbonyl (C=O) groups excluding carboxylic acids is 1. The fourth-order valence-corrected chi connectivity index (χ4v) is 4.43. The molecule has 1 amide bonds. The molecule has 1 unspecified atom stereocenters. The molecule has 0 saturated carbocycles. The number of amides is 1. The number of benzene rings is 1. The summed E-state index contributed by atoms with van der Waals surface area (Å²) in [4.78, 5) is 15.1. The Hall–Kier alpha value is -2.15. The molecule has 7 heteroatoms. The van der Waals surface area contributed by atoms with Gasteiger partial charge in [-0.1, -0.05) is 6.07 Å². The molecule has 1 aliphatic rings. The molecule has 2 heterocycles. The molecule has 0 aliphatic carbocycles. The molecule has 0 bridgehead atoms. The average Bonchev–Trinajstić information content (AvgIpc) is 3.19. The van der Waals surface area contributed by atoms with Crippen LogP contribution in [0.25, 0.3) is 0 Å². The van der Waals surface area contributed by atoms with E-state index >= 15 is 0 Å². The minimum absolute atomic E-state index is 0.0351. The molecule has 25 heavy (non-hydrogen) atoms. The zero-order valence-electron chi connectivity index (χ0n) is 15.2. The highest BCUT2D eigenvalue weighted by atomic mass is 32.2. The molecule has 134 valence electrons. The highest BCUT2D eigenvalue weighted by Gasteiger charge is 2.34. The van der Waals surface area contributed by atoms with Gasteiger partial charge in [-0.15, -0.1) is 11.8 Å². The van der Waals surface area contributed by atoms with Gasteiger partial charge in [0.25, 0.3) is 5.91 Å². The van der Waals surface area contributed by atoms with Gasteiger partial charge in [-0.05, 0) is 31.5 Å². The lowest BCUT2D eigenvalue weighted by Gasteiger charge is -2.25. The van der Waals surface area contributed by atoms with Crippen molar-refractivity contribution < 1.29 is 14.3 Å². The SMILES string of the molecule is COc1ccc(C2SCCN2C(=O)c2c(C)nn(C)c2C)cc1OC. The van der Waals surface area contributed by atoms with Crippen LogP contribution in [0.4, 0.5) is 0 Å². The fraction of sp³-hybridized carbons (Fsp3) is 0.444. The van der Waals surface area contributed by atoms with Crippen LogP contribution in [0.2, 0.25) is 0 Å². The van der Waals surface area contributed by atoms with Gasteiger partial charge in [0.05, 0.1) is 25.5 Å². The third-order valence-electron chi connectivity index (χ3n) is 4.57. The summed E-state index contributed by atoms with van der Waals surface area (Å²) in [7, 11) is 5.10. The van der Waals surface area contributed by atoms with E-state index in [1.165, 1.54) is 0 Å². The average molecular weight is 361 g/mol. The number of thioether (sulfide) groups is 1. The van der Waals surface area contributed by atoms with Gasteiger partial charge in [0.15, 0.2) is 11.5 Å². The molecule has 1 aromatic carbocycles. The molecule has 6 nitrogen and oxygen atoms in total. The summed E-state index contributed by atoms with van der Waals surface area (Å²) in [6.07, 6.45) is 0. The molecular weight excluding hydrogens is 338 g/mol. The van der Waals surface area contributed by atoms with Crippen LogP contribution in [0.3, 0.4) is 0 Å². The number of aromatic nitrogens is 2. The first-order chi connectivity index (χ1) is 12.0. The number of aryl methyl sites for hydroxylation is 2. The monoisotopic (exact) mass is 361 g/mol. The van der Waals surface area contributed by atoms with Gasteiger partial charge in [0, 0.05) is 25.0 Å². The zero-order valence-corrected chi connectivity index (χ0v) is 16.0. The maximum Gasteiger partial charge on any atom is 0.258 e. The van der Waals surface area contributed by atoms with Gasteiger partial charge in [-0.2, -0.15) is 5.10 Å². The van der Waals surface area contributed by atoms with Crippen LogP contribution in [0.5, 0.6) is 11.5 Å². The van der Waals surface area contributed by atoms with Crippen LogP contribution in [0.1, 0.15) is 32.7 Å². The molecule has 1 fully saturated rings. The Kier molecular flexibility index (Phi) is 4.94. The second-order valence-electron chi connectivity index (χ2n) is 6.01. The maximum atomic E-state index is 13.2. The van der Waals surface area contributed by atoms with Crippen LogP contribution < -0.4 is 9.47 Å². The van der Waals surface area contributed by atoms with E-state index in [0.29, 0.717) is 17.1 Å². The molecular formula is C18H23N3O3S. The van der Waals surface area contributed by atoms with Gasteiger partial charge in [-0.3, -0.25) is 9.48 Å². The van der Waals surface area contributed by atoms with Gasteiger partial charge in [-0.25, -0.2) is 0 Å².